The number of para-hydroxylation sites is 1. The largest absolute Gasteiger partial charge is 0.508 e. The van der Waals surface area contributed by atoms with E-state index in [9.17, 15) is 5.11 Å². The van der Waals surface area contributed by atoms with Crippen molar-refractivity contribution in [2.45, 2.75) is 6.54 Å². The Bertz CT molecular complexity index is 838. The van der Waals surface area contributed by atoms with Gasteiger partial charge in [-0.2, -0.15) is 0 Å². The molecule has 1 saturated heterocycles. The number of anilines is 1. The van der Waals surface area contributed by atoms with E-state index in [4.69, 9.17) is 0 Å². The maximum absolute atomic E-state index is 9.59. The van der Waals surface area contributed by atoms with E-state index in [0.29, 0.717) is 5.75 Å². The molecule has 1 fully saturated rings. The lowest BCUT2D eigenvalue weighted by Crippen LogP contribution is -2.46. The molecular formula is C19H20N4O. The quantitative estimate of drug-likeness (QED) is 0.804. The van der Waals surface area contributed by atoms with Crippen LogP contribution in [0, 0.1) is 0 Å². The van der Waals surface area contributed by atoms with Gasteiger partial charge < -0.3 is 10.0 Å². The highest BCUT2D eigenvalue weighted by molar-refractivity contribution is 5.89. The molecule has 0 bridgehead atoms. The fourth-order valence-electron chi connectivity index (χ4n) is 3.27. The first kappa shape index (κ1) is 14.9. The predicted octanol–water partition coefficient (Wildman–Crippen LogP) is 2.66. The summed E-state index contributed by atoms with van der Waals surface area (Å²) < 4.78 is 0. The fraction of sp³-hybridized carbons (Fsp3) is 0.263. The molecule has 0 radical (unpaired) electrons. The lowest BCUT2D eigenvalue weighted by Gasteiger charge is -2.35. The molecule has 0 saturated carbocycles. The number of hydrogen-bond donors (Lipinski definition) is 1. The number of nitrogens with zero attached hydrogens (tertiary/aromatic N) is 4. The minimum absolute atomic E-state index is 0.332. The Morgan fingerprint density at radius 2 is 1.75 bits per heavy atom. The monoisotopic (exact) mass is 320 g/mol. The molecule has 1 N–H and O–H groups in total. The van der Waals surface area contributed by atoms with Crippen molar-refractivity contribution in [2.24, 2.45) is 0 Å². The molecule has 3 aromatic rings. The van der Waals surface area contributed by atoms with Crippen LogP contribution in [0.2, 0.25) is 0 Å². The van der Waals surface area contributed by atoms with Gasteiger partial charge in [0.2, 0.25) is 0 Å². The third kappa shape index (κ3) is 3.03. The summed E-state index contributed by atoms with van der Waals surface area (Å²) in [5.41, 5.74) is 2.14. The molecule has 2 heterocycles. The van der Waals surface area contributed by atoms with Gasteiger partial charge in [-0.15, -0.1) is 0 Å². The second kappa shape index (κ2) is 6.45. The van der Waals surface area contributed by atoms with Gasteiger partial charge in [0.25, 0.3) is 0 Å². The molecule has 1 aromatic heterocycles. The molecule has 0 aliphatic carbocycles. The number of piperazine rings is 1. The van der Waals surface area contributed by atoms with Gasteiger partial charge in [0, 0.05) is 38.1 Å². The Balaban J connectivity index is 1.46. The van der Waals surface area contributed by atoms with Crippen LogP contribution < -0.4 is 4.90 Å². The van der Waals surface area contributed by atoms with E-state index >= 15 is 0 Å². The molecule has 122 valence electrons. The van der Waals surface area contributed by atoms with Crippen molar-refractivity contribution < 1.29 is 5.11 Å². The van der Waals surface area contributed by atoms with Crippen LogP contribution in [0.5, 0.6) is 5.75 Å². The molecule has 5 nitrogen and oxygen atoms in total. The maximum Gasteiger partial charge on any atom is 0.139 e. The summed E-state index contributed by atoms with van der Waals surface area (Å²) in [4.78, 5) is 13.6. The van der Waals surface area contributed by atoms with Crippen molar-refractivity contribution in [3.63, 3.8) is 0 Å². The SMILES string of the molecule is Oc1cccc(CN2CCN(c3ncnc4ccccc34)CC2)c1. The third-order valence-corrected chi connectivity index (χ3v) is 4.51. The van der Waals surface area contributed by atoms with E-state index in [-0.39, 0.29) is 0 Å². The highest BCUT2D eigenvalue weighted by Crippen LogP contribution is 2.24. The Morgan fingerprint density at radius 1 is 0.917 bits per heavy atom. The Kier molecular flexibility index (Phi) is 4.01. The zero-order valence-corrected chi connectivity index (χ0v) is 13.5. The predicted molar refractivity (Wildman–Crippen MR) is 95.1 cm³/mol. The summed E-state index contributed by atoms with van der Waals surface area (Å²) in [6.07, 6.45) is 1.65. The van der Waals surface area contributed by atoms with Gasteiger partial charge in [-0.1, -0.05) is 24.3 Å². The van der Waals surface area contributed by atoms with Gasteiger partial charge in [0.1, 0.15) is 17.9 Å². The molecule has 4 rings (SSSR count). The minimum atomic E-state index is 0.332. The molecule has 0 amide bonds. The van der Waals surface area contributed by atoms with Crippen molar-refractivity contribution >= 4 is 16.7 Å². The number of phenolic OH excluding ortho intramolecular Hbond substituents is 1. The molecular weight excluding hydrogens is 300 g/mol. The normalized spacial score (nSPS) is 15.8. The third-order valence-electron chi connectivity index (χ3n) is 4.51. The number of fused-ring (bicyclic) bond motifs is 1. The van der Waals surface area contributed by atoms with Gasteiger partial charge in [-0.25, -0.2) is 9.97 Å². The molecule has 1 aliphatic rings. The smallest absolute Gasteiger partial charge is 0.139 e. The maximum atomic E-state index is 9.59. The van der Waals surface area contributed by atoms with Crippen LogP contribution >= 0.6 is 0 Å². The molecule has 1 aliphatic heterocycles. The van der Waals surface area contributed by atoms with Gasteiger partial charge >= 0.3 is 0 Å². The van der Waals surface area contributed by atoms with Gasteiger partial charge in [0.05, 0.1) is 5.52 Å². The summed E-state index contributed by atoms with van der Waals surface area (Å²) in [5, 5.41) is 10.7. The van der Waals surface area contributed by atoms with Gasteiger partial charge in [0.15, 0.2) is 0 Å². The van der Waals surface area contributed by atoms with Gasteiger partial charge in [-0.05, 0) is 29.8 Å². The lowest BCUT2D eigenvalue weighted by molar-refractivity contribution is 0.249. The first-order chi connectivity index (χ1) is 11.8. The van der Waals surface area contributed by atoms with Crippen LogP contribution in [0.4, 0.5) is 5.82 Å². The zero-order valence-electron chi connectivity index (χ0n) is 13.5. The van der Waals surface area contributed by atoms with Gasteiger partial charge in [-0.3, -0.25) is 4.90 Å². The average Bonchev–Trinajstić information content (AvgIpc) is 2.62. The van der Waals surface area contributed by atoms with Crippen LogP contribution in [0.3, 0.4) is 0 Å². The van der Waals surface area contributed by atoms with Crippen molar-refractivity contribution in [1.82, 2.24) is 14.9 Å². The van der Waals surface area contributed by atoms with E-state index in [1.807, 2.05) is 30.3 Å². The molecule has 0 spiro atoms. The summed E-state index contributed by atoms with van der Waals surface area (Å²) in [6.45, 7) is 4.72. The van der Waals surface area contributed by atoms with Crippen LogP contribution in [0.25, 0.3) is 10.9 Å². The number of hydrogen-bond acceptors (Lipinski definition) is 5. The van der Waals surface area contributed by atoms with Crippen molar-refractivity contribution in [1.29, 1.82) is 0 Å². The summed E-state index contributed by atoms with van der Waals surface area (Å²) in [5.74, 6) is 1.36. The topological polar surface area (TPSA) is 52.5 Å². The second-order valence-electron chi connectivity index (χ2n) is 6.15. The van der Waals surface area contributed by atoms with Crippen LogP contribution in [-0.2, 0) is 6.54 Å². The Hall–Kier alpha value is -2.66. The second-order valence-corrected chi connectivity index (χ2v) is 6.15. The van der Waals surface area contributed by atoms with Crippen molar-refractivity contribution in [3.8, 4) is 5.75 Å². The summed E-state index contributed by atoms with van der Waals surface area (Å²) >= 11 is 0. The number of benzene rings is 2. The average molecular weight is 320 g/mol. The van der Waals surface area contributed by atoms with Crippen LogP contribution in [-0.4, -0.2) is 46.2 Å². The molecule has 5 heteroatoms. The minimum Gasteiger partial charge on any atom is -0.508 e. The standard InChI is InChI=1S/C19H20N4O/c24-16-5-3-4-15(12-16)13-22-8-10-23(11-9-22)19-17-6-1-2-7-18(17)20-14-21-19/h1-7,12,14,24H,8-11,13H2. The van der Waals surface area contributed by atoms with E-state index in [0.717, 1.165) is 55.0 Å². The summed E-state index contributed by atoms with van der Waals surface area (Å²) in [7, 11) is 0. The first-order valence-corrected chi connectivity index (χ1v) is 8.24. The Labute approximate surface area is 141 Å². The number of aromatic hydroxyl groups is 1. The molecule has 2 aromatic carbocycles. The zero-order chi connectivity index (χ0) is 16.4. The lowest BCUT2D eigenvalue weighted by atomic mass is 10.1. The number of phenols is 1. The highest BCUT2D eigenvalue weighted by atomic mass is 16.3. The van der Waals surface area contributed by atoms with E-state index in [1.165, 1.54) is 0 Å². The first-order valence-electron chi connectivity index (χ1n) is 8.24. The van der Waals surface area contributed by atoms with Crippen molar-refractivity contribution in [3.05, 3.63) is 60.4 Å². The Morgan fingerprint density at radius 3 is 2.58 bits per heavy atom. The van der Waals surface area contributed by atoms with Crippen molar-refractivity contribution in [2.75, 3.05) is 31.1 Å². The number of rotatable bonds is 3. The molecule has 0 unspecified atom stereocenters. The van der Waals surface area contributed by atoms with E-state index in [1.54, 1.807) is 12.4 Å². The van der Waals surface area contributed by atoms with E-state index < -0.39 is 0 Å². The number of aromatic nitrogens is 2. The van der Waals surface area contributed by atoms with E-state index in [2.05, 4.69) is 31.9 Å². The molecule has 24 heavy (non-hydrogen) atoms. The molecule has 0 atom stereocenters. The van der Waals surface area contributed by atoms with Crippen LogP contribution in [0.1, 0.15) is 5.56 Å². The summed E-state index contributed by atoms with van der Waals surface area (Å²) in [6, 6.07) is 15.7. The highest BCUT2D eigenvalue weighted by Gasteiger charge is 2.19. The fourth-order valence-corrected chi connectivity index (χ4v) is 3.27. The van der Waals surface area contributed by atoms with Crippen LogP contribution in [0.15, 0.2) is 54.9 Å².